The van der Waals surface area contributed by atoms with E-state index in [0.717, 1.165) is 42.6 Å². The highest BCUT2D eigenvalue weighted by atomic mass is 35.5. The highest BCUT2D eigenvalue weighted by molar-refractivity contribution is 6.31. The van der Waals surface area contributed by atoms with E-state index in [0.29, 0.717) is 12.5 Å². The summed E-state index contributed by atoms with van der Waals surface area (Å²) in [6.07, 6.45) is 0. The van der Waals surface area contributed by atoms with Gasteiger partial charge in [0.1, 0.15) is 0 Å². The predicted octanol–water partition coefficient (Wildman–Crippen LogP) is 3.45. The monoisotopic (exact) mass is 372 g/mol. The number of halogens is 1. The molecule has 138 valence electrons. The molecule has 0 aromatic heterocycles. The molecule has 1 aliphatic heterocycles. The van der Waals surface area contributed by atoms with Crippen LogP contribution in [0, 0.1) is 6.92 Å². The van der Waals surface area contributed by atoms with E-state index in [-0.39, 0.29) is 6.04 Å². The van der Waals surface area contributed by atoms with E-state index in [2.05, 4.69) is 28.2 Å². The summed E-state index contributed by atoms with van der Waals surface area (Å²) in [5, 5.41) is 3.90. The van der Waals surface area contributed by atoms with Crippen LogP contribution in [0.4, 0.5) is 5.69 Å². The average Bonchev–Trinajstić information content (AvgIpc) is 2.66. The number of ether oxygens (including phenoxy) is 1. The number of anilines is 1. The zero-order valence-electron chi connectivity index (χ0n) is 15.0. The van der Waals surface area contributed by atoms with Crippen LogP contribution >= 0.6 is 11.6 Å². The standard InChI is InChI=1S/C20H25ClN4O/c1-15-6-8-16(9-7-15)24-20(22)23-14-19(25-10-12-26-13-11-25)17-4-2-3-5-18(17)21/h2-9,19H,10-14H2,1H3,(H3,22,23,24). The summed E-state index contributed by atoms with van der Waals surface area (Å²) in [6.45, 7) is 5.75. The van der Waals surface area contributed by atoms with E-state index >= 15 is 0 Å². The second-order valence-corrected chi connectivity index (χ2v) is 6.81. The molecule has 0 saturated carbocycles. The molecule has 1 saturated heterocycles. The molecule has 0 aliphatic carbocycles. The zero-order chi connectivity index (χ0) is 18.4. The zero-order valence-corrected chi connectivity index (χ0v) is 15.7. The van der Waals surface area contributed by atoms with Crippen molar-refractivity contribution < 1.29 is 4.74 Å². The largest absolute Gasteiger partial charge is 0.379 e. The van der Waals surface area contributed by atoms with Crippen LogP contribution in [-0.4, -0.2) is 43.7 Å². The smallest absolute Gasteiger partial charge is 0.193 e. The molecule has 0 radical (unpaired) electrons. The van der Waals surface area contributed by atoms with E-state index in [1.54, 1.807) is 0 Å². The first-order valence-electron chi connectivity index (χ1n) is 8.83. The highest BCUT2D eigenvalue weighted by Crippen LogP contribution is 2.28. The average molecular weight is 373 g/mol. The summed E-state index contributed by atoms with van der Waals surface area (Å²) in [6, 6.07) is 16.1. The summed E-state index contributed by atoms with van der Waals surface area (Å²) in [4.78, 5) is 6.93. The Kier molecular flexibility index (Phi) is 6.50. The third-order valence-electron chi connectivity index (χ3n) is 4.51. The van der Waals surface area contributed by atoms with Crippen molar-refractivity contribution in [1.29, 1.82) is 0 Å². The quantitative estimate of drug-likeness (QED) is 0.623. The van der Waals surface area contributed by atoms with E-state index in [1.807, 2.05) is 42.5 Å². The molecule has 3 rings (SSSR count). The lowest BCUT2D eigenvalue weighted by Crippen LogP contribution is -2.40. The Hall–Kier alpha value is -2.08. The van der Waals surface area contributed by atoms with Crippen LogP contribution in [0.1, 0.15) is 17.2 Å². The lowest BCUT2D eigenvalue weighted by molar-refractivity contribution is 0.0180. The maximum absolute atomic E-state index is 6.44. The van der Waals surface area contributed by atoms with Gasteiger partial charge in [-0.25, -0.2) is 0 Å². The molecule has 1 atom stereocenters. The lowest BCUT2D eigenvalue weighted by atomic mass is 10.0. The SMILES string of the molecule is Cc1ccc(NC(N)=NCC(c2ccccc2Cl)N2CCOCC2)cc1. The van der Waals surface area contributed by atoms with E-state index in [1.165, 1.54) is 5.56 Å². The number of rotatable bonds is 5. The molecule has 0 bridgehead atoms. The Bertz CT molecular complexity index is 742. The van der Waals surface area contributed by atoms with Crippen LogP contribution < -0.4 is 11.1 Å². The van der Waals surface area contributed by atoms with E-state index < -0.39 is 0 Å². The number of benzene rings is 2. The number of guanidine groups is 1. The fourth-order valence-electron chi connectivity index (χ4n) is 3.05. The van der Waals surface area contributed by atoms with Crippen molar-refractivity contribution >= 4 is 23.2 Å². The third kappa shape index (κ3) is 4.97. The number of nitrogens with two attached hydrogens (primary N) is 1. The molecule has 26 heavy (non-hydrogen) atoms. The fraction of sp³-hybridized carbons (Fsp3) is 0.350. The van der Waals surface area contributed by atoms with Crippen LogP contribution in [0.15, 0.2) is 53.5 Å². The minimum absolute atomic E-state index is 0.0750. The van der Waals surface area contributed by atoms with Crippen molar-refractivity contribution in [2.24, 2.45) is 10.7 Å². The van der Waals surface area contributed by atoms with E-state index in [9.17, 15) is 0 Å². The fourth-order valence-corrected chi connectivity index (χ4v) is 3.32. The second kappa shape index (κ2) is 9.03. The Morgan fingerprint density at radius 3 is 2.58 bits per heavy atom. The Morgan fingerprint density at radius 1 is 1.19 bits per heavy atom. The number of aryl methyl sites for hydroxylation is 1. The van der Waals surface area contributed by atoms with Crippen molar-refractivity contribution in [1.82, 2.24) is 4.90 Å². The third-order valence-corrected chi connectivity index (χ3v) is 4.85. The van der Waals surface area contributed by atoms with Gasteiger partial charge in [0.25, 0.3) is 0 Å². The number of nitrogens with zero attached hydrogens (tertiary/aromatic N) is 2. The Balaban J connectivity index is 1.74. The predicted molar refractivity (Wildman–Crippen MR) is 108 cm³/mol. The highest BCUT2D eigenvalue weighted by Gasteiger charge is 2.24. The van der Waals surface area contributed by atoms with Gasteiger partial charge in [0.15, 0.2) is 5.96 Å². The molecule has 1 aliphatic rings. The summed E-state index contributed by atoms with van der Waals surface area (Å²) >= 11 is 6.44. The molecule has 0 spiro atoms. The topological polar surface area (TPSA) is 62.9 Å². The molecule has 2 aromatic rings. The van der Waals surface area contributed by atoms with Gasteiger partial charge in [-0.15, -0.1) is 0 Å². The van der Waals surface area contributed by atoms with E-state index in [4.69, 9.17) is 22.1 Å². The van der Waals surface area contributed by atoms with Gasteiger partial charge < -0.3 is 15.8 Å². The van der Waals surface area contributed by atoms with Crippen LogP contribution in [-0.2, 0) is 4.74 Å². The molecular weight excluding hydrogens is 348 g/mol. The summed E-state index contributed by atoms with van der Waals surface area (Å²) in [7, 11) is 0. The van der Waals surface area contributed by atoms with Crippen LogP contribution in [0.5, 0.6) is 0 Å². The first-order chi connectivity index (χ1) is 12.6. The van der Waals surface area contributed by atoms with Crippen LogP contribution in [0.25, 0.3) is 0 Å². The van der Waals surface area contributed by atoms with Crippen molar-refractivity contribution in [3.8, 4) is 0 Å². The first kappa shape index (κ1) is 18.7. The van der Waals surface area contributed by atoms with Crippen LogP contribution in [0.2, 0.25) is 5.02 Å². The number of nitrogens with one attached hydrogen (secondary N) is 1. The normalized spacial score (nSPS) is 17.1. The van der Waals surface area contributed by atoms with Crippen molar-refractivity contribution in [3.63, 3.8) is 0 Å². The minimum Gasteiger partial charge on any atom is -0.379 e. The molecule has 1 unspecified atom stereocenters. The number of morpholine rings is 1. The summed E-state index contributed by atoms with van der Waals surface area (Å²) in [5.41, 5.74) is 9.31. The van der Waals surface area contributed by atoms with Gasteiger partial charge in [0.05, 0.1) is 25.8 Å². The van der Waals surface area contributed by atoms with Crippen molar-refractivity contribution in [2.45, 2.75) is 13.0 Å². The molecule has 1 fully saturated rings. The maximum atomic E-state index is 6.44. The summed E-state index contributed by atoms with van der Waals surface area (Å²) in [5.74, 6) is 0.402. The van der Waals surface area contributed by atoms with Gasteiger partial charge in [0.2, 0.25) is 0 Å². The Morgan fingerprint density at radius 2 is 1.88 bits per heavy atom. The van der Waals surface area contributed by atoms with Gasteiger partial charge in [-0.3, -0.25) is 9.89 Å². The molecular formula is C20H25ClN4O. The molecule has 0 amide bonds. The molecule has 5 nitrogen and oxygen atoms in total. The number of aliphatic imine (C=N–C) groups is 1. The van der Waals surface area contributed by atoms with Gasteiger partial charge in [-0.05, 0) is 30.7 Å². The molecule has 1 heterocycles. The van der Waals surface area contributed by atoms with Gasteiger partial charge >= 0.3 is 0 Å². The molecule has 2 aromatic carbocycles. The number of hydrogen-bond acceptors (Lipinski definition) is 3. The minimum atomic E-state index is 0.0750. The second-order valence-electron chi connectivity index (χ2n) is 6.40. The first-order valence-corrected chi connectivity index (χ1v) is 9.21. The van der Waals surface area contributed by atoms with Gasteiger partial charge in [0, 0.05) is 23.8 Å². The molecule has 6 heteroatoms. The van der Waals surface area contributed by atoms with Crippen molar-refractivity contribution in [2.75, 3.05) is 38.2 Å². The van der Waals surface area contributed by atoms with Crippen molar-refractivity contribution in [3.05, 3.63) is 64.7 Å². The summed E-state index contributed by atoms with van der Waals surface area (Å²) < 4.78 is 5.48. The molecule has 3 N–H and O–H groups in total. The van der Waals surface area contributed by atoms with Gasteiger partial charge in [-0.2, -0.15) is 0 Å². The van der Waals surface area contributed by atoms with Crippen LogP contribution in [0.3, 0.4) is 0 Å². The number of hydrogen-bond donors (Lipinski definition) is 2. The van der Waals surface area contributed by atoms with Gasteiger partial charge in [-0.1, -0.05) is 47.5 Å². The lowest BCUT2D eigenvalue weighted by Gasteiger charge is -2.34. The Labute approximate surface area is 159 Å². The maximum Gasteiger partial charge on any atom is 0.193 e.